The molecule has 0 amide bonds. The van der Waals surface area contributed by atoms with Gasteiger partial charge < -0.3 is 10.1 Å². The molecule has 3 nitrogen and oxygen atoms in total. The molecular weight excluding hydrogens is 280 g/mol. The number of nitrogens with one attached hydrogen (secondary N) is 1. The van der Waals surface area contributed by atoms with Gasteiger partial charge in [-0.05, 0) is 38.1 Å². The zero-order valence-corrected chi connectivity index (χ0v) is 14.8. The van der Waals surface area contributed by atoms with Crippen LogP contribution in [0.15, 0.2) is 0 Å². The Morgan fingerprint density at radius 3 is 2.86 bits per heavy atom. The summed E-state index contributed by atoms with van der Waals surface area (Å²) in [6.07, 6.45) is 7.03. The molecule has 1 aliphatic rings. The molecule has 120 valence electrons. The highest BCUT2D eigenvalue weighted by molar-refractivity contribution is 7.11. The van der Waals surface area contributed by atoms with E-state index in [1.54, 1.807) is 0 Å². The highest BCUT2D eigenvalue weighted by atomic mass is 32.1. The van der Waals surface area contributed by atoms with Crippen molar-refractivity contribution < 1.29 is 4.74 Å². The highest BCUT2D eigenvalue weighted by Crippen LogP contribution is 2.44. The summed E-state index contributed by atoms with van der Waals surface area (Å²) in [5.74, 6) is 0.731. The molecule has 0 aliphatic heterocycles. The van der Waals surface area contributed by atoms with E-state index in [4.69, 9.17) is 9.72 Å². The van der Waals surface area contributed by atoms with E-state index in [1.807, 2.05) is 18.4 Å². The van der Waals surface area contributed by atoms with Crippen molar-refractivity contribution in [1.82, 2.24) is 10.3 Å². The van der Waals surface area contributed by atoms with Crippen LogP contribution in [0.25, 0.3) is 0 Å². The van der Waals surface area contributed by atoms with Crippen molar-refractivity contribution in [2.45, 2.75) is 71.4 Å². The van der Waals surface area contributed by atoms with E-state index in [9.17, 15) is 0 Å². The third kappa shape index (κ3) is 3.85. The van der Waals surface area contributed by atoms with Crippen molar-refractivity contribution in [1.29, 1.82) is 0 Å². The van der Waals surface area contributed by atoms with E-state index in [-0.39, 0.29) is 5.60 Å². The molecule has 0 spiro atoms. The molecule has 1 fully saturated rings. The van der Waals surface area contributed by atoms with E-state index in [1.165, 1.54) is 28.4 Å². The van der Waals surface area contributed by atoms with Gasteiger partial charge in [0.2, 0.25) is 0 Å². The molecule has 1 saturated carbocycles. The Hall–Kier alpha value is -0.450. The molecular formula is C17H30N2OS. The second-order valence-corrected chi connectivity index (χ2v) is 7.40. The highest BCUT2D eigenvalue weighted by Gasteiger charge is 2.39. The largest absolute Gasteiger partial charge is 0.371 e. The number of nitrogens with zero attached hydrogens (tertiary/aromatic N) is 1. The maximum absolute atomic E-state index is 6.01. The number of methoxy groups -OCH3 is 1. The Balaban J connectivity index is 2.28. The van der Waals surface area contributed by atoms with Crippen molar-refractivity contribution in [2.75, 3.05) is 13.7 Å². The minimum atomic E-state index is -0.130. The Morgan fingerprint density at radius 2 is 2.24 bits per heavy atom. The molecule has 0 saturated heterocycles. The Morgan fingerprint density at radius 1 is 1.43 bits per heavy atom. The first kappa shape index (κ1) is 16.9. The predicted molar refractivity (Wildman–Crippen MR) is 89.8 cm³/mol. The molecule has 0 aromatic carbocycles. The van der Waals surface area contributed by atoms with Gasteiger partial charge in [-0.1, -0.05) is 33.6 Å². The van der Waals surface area contributed by atoms with E-state index in [2.05, 4.69) is 26.1 Å². The molecule has 2 atom stereocenters. The fourth-order valence-electron chi connectivity index (χ4n) is 3.36. The van der Waals surface area contributed by atoms with E-state index < -0.39 is 0 Å². The van der Waals surface area contributed by atoms with Gasteiger partial charge in [-0.15, -0.1) is 11.3 Å². The average molecular weight is 311 g/mol. The lowest BCUT2D eigenvalue weighted by Gasteiger charge is -2.37. The Bertz CT molecular complexity index is 446. The number of hydrogen-bond donors (Lipinski definition) is 1. The summed E-state index contributed by atoms with van der Waals surface area (Å²) < 4.78 is 6.01. The van der Waals surface area contributed by atoms with Gasteiger partial charge in [-0.2, -0.15) is 0 Å². The average Bonchev–Trinajstić information content (AvgIpc) is 2.89. The maximum Gasteiger partial charge on any atom is 0.125 e. The minimum absolute atomic E-state index is 0.130. The lowest BCUT2D eigenvalue weighted by Crippen LogP contribution is -2.34. The van der Waals surface area contributed by atoms with Gasteiger partial charge in [0.25, 0.3) is 0 Å². The van der Waals surface area contributed by atoms with Crippen LogP contribution in [0.2, 0.25) is 0 Å². The number of ether oxygens (including phenoxy) is 1. The molecule has 0 radical (unpaired) electrons. The first-order valence-corrected chi connectivity index (χ1v) is 9.21. The monoisotopic (exact) mass is 310 g/mol. The first-order chi connectivity index (χ1) is 10.1. The molecule has 2 unspecified atom stereocenters. The van der Waals surface area contributed by atoms with E-state index >= 15 is 0 Å². The minimum Gasteiger partial charge on any atom is -0.371 e. The number of hydrogen-bond acceptors (Lipinski definition) is 4. The molecule has 1 aliphatic carbocycles. The SMILES string of the molecule is CCCc1nc(C2(OC)CCCC(C)C2)sc1CNCC. The summed E-state index contributed by atoms with van der Waals surface area (Å²) >= 11 is 1.87. The van der Waals surface area contributed by atoms with Crippen LogP contribution >= 0.6 is 11.3 Å². The van der Waals surface area contributed by atoms with Gasteiger partial charge in [0.05, 0.1) is 5.69 Å². The van der Waals surface area contributed by atoms with Crippen LogP contribution < -0.4 is 5.32 Å². The van der Waals surface area contributed by atoms with Crippen LogP contribution in [0, 0.1) is 5.92 Å². The maximum atomic E-state index is 6.01. The summed E-state index contributed by atoms with van der Waals surface area (Å²) in [4.78, 5) is 6.41. The molecule has 4 heteroatoms. The second-order valence-electron chi connectivity index (χ2n) is 6.32. The molecule has 1 aromatic heterocycles. The Labute approximate surface area is 133 Å². The molecule has 1 aromatic rings. The van der Waals surface area contributed by atoms with Crippen molar-refractivity contribution in [3.63, 3.8) is 0 Å². The van der Waals surface area contributed by atoms with Gasteiger partial charge in [0.15, 0.2) is 0 Å². The summed E-state index contributed by atoms with van der Waals surface area (Å²) in [6.45, 7) is 8.67. The van der Waals surface area contributed by atoms with Crippen LogP contribution in [0.5, 0.6) is 0 Å². The zero-order valence-electron chi connectivity index (χ0n) is 14.0. The van der Waals surface area contributed by atoms with Gasteiger partial charge in [0, 0.05) is 18.5 Å². The summed E-state index contributed by atoms with van der Waals surface area (Å²) in [7, 11) is 1.86. The van der Waals surface area contributed by atoms with Crippen LogP contribution in [-0.2, 0) is 23.3 Å². The van der Waals surface area contributed by atoms with Crippen LogP contribution in [-0.4, -0.2) is 18.6 Å². The number of aryl methyl sites for hydroxylation is 1. The van der Waals surface area contributed by atoms with Crippen molar-refractivity contribution in [3.05, 3.63) is 15.6 Å². The van der Waals surface area contributed by atoms with Gasteiger partial charge >= 0.3 is 0 Å². The van der Waals surface area contributed by atoms with Crippen molar-refractivity contribution >= 4 is 11.3 Å². The summed E-state index contributed by atoms with van der Waals surface area (Å²) in [5.41, 5.74) is 1.16. The quantitative estimate of drug-likeness (QED) is 0.817. The number of rotatable bonds is 7. The van der Waals surface area contributed by atoms with Crippen LogP contribution in [0.1, 0.15) is 68.5 Å². The standard InChI is InChI=1S/C17H30N2OS/c1-5-8-14-15(12-18-6-2)21-16(19-14)17(20-4)10-7-9-13(3)11-17/h13,18H,5-12H2,1-4H3. The predicted octanol–water partition coefficient (Wildman–Crippen LogP) is 4.26. The van der Waals surface area contributed by atoms with E-state index in [0.717, 1.165) is 44.7 Å². The molecule has 1 N–H and O–H groups in total. The smallest absolute Gasteiger partial charge is 0.125 e. The fraction of sp³-hybridized carbons (Fsp3) is 0.824. The molecule has 21 heavy (non-hydrogen) atoms. The lowest BCUT2D eigenvalue weighted by molar-refractivity contribution is -0.0581. The molecule has 0 bridgehead atoms. The molecule has 1 heterocycles. The number of aromatic nitrogens is 1. The second kappa shape index (κ2) is 7.70. The van der Waals surface area contributed by atoms with E-state index in [0.29, 0.717) is 0 Å². The fourth-order valence-corrected chi connectivity index (χ4v) is 4.64. The first-order valence-electron chi connectivity index (χ1n) is 8.40. The van der Waals surface area contributed by atoms with Gasteiger partial charge in [-0.3, -0.25) is 0 Å². The Kier molecular flexibility index (Phi) is 6.20. The van der Waals surface area contributed by atoms with Crippen LogP contribution in [0.3, 0.4) is 0 Å². The third-order valence-corrected chi connectivity index (χ3v) is 5.82. The van der Waals surface area contributed by atoms with Gasteiger partial charge in [-0.25, -0.2) is 4.98 Å². The van der Waals surface area contributed by atoms with Crippen LogP contribution in [0.4, 0.5) is 0 Å². The summed E-state index contributed by atoms with van der Waals surface area (Å²) in [5, 5.41) is 4.66. The normalized spacial score (nSPS) is 26.2. The van der Waals surface area contributed by atoms with Crippen molar-refractivity contribution in [3.8, 4) is 0 Å². The lowest BCUT2D eigenvalue weighted by atomic mass is 9.79. The van der Waals surface area contributed by atoms with Gasteiger partial charge in [0.1, 0.15) is 10.6 Å². The number of thiazole rings is 1. The van der Waals surface area contributed by atoms with Crippen molar-refractivity contribution in [2.24, 2.45) is 5.92 Å². The topological polar surface area (TPSA) is 34.1 Å². The third-order valence-electron chi connectivity index (χ3n) is 4.54. The molecule has 2 rings (SSSR count). The summed E-state index contributed by atoms with van der Waals surface area (Å²) in [6, 6.07) is 0. The zero-order chi connectivity index (χ0) is 15.3.